The Balaban J connectivity index is 1.88. The van der Waals surface area contributed by atoms with Crippen molar-refractivity contribution in [3.8, 4) is 11.3 Å². The number of halogens is 2. The van der Waals surface area contributed by atoms with Gasteiger partial charge < -0.3 is 14.7 Å². The number of nitrogens with zero attached hydrogens (tertiary/aromatic N) is 2. The Labute approximate surface area is 168 Å². The summed E-state index contributed by atoms with van der Waals surface area (Å²) in [5, 5.41) is 6.77. The van der Waals surface area contributed by atoms with Crippen molar-refractivity contribution in [2.75, 3.05) is 6.54 Å². The van der Waals surface area contributed by atoms with Gasteiger partial charge in [0.2, 0.25) is 5.91 Å². The maximum absolute atomic E-state index is 14.0. The van der Waals surface area contributed by atoms with Crippen LogP contribution in [0.3, 0.4) is 0 Å². The number of aromatic nitrogens is 1. The van der Waals surface area contributed by atoms with Crippen LogP contribution in [0.4, 0.5) is 8.78 Å². The monoisotopic (exact) mass is 405 g/mol. The first-order valence-electron chi connectivity index (χ1n) is 9.83. The summed E-state index contributed by atoms with van der Waals surface area (Å²) in [6.07, 6.45) is 2.16. The largest absolute Gasteiger partial charge is 0.355 e. The molecule has 0 radical (unpaired) electrons. The summed E-state index contributed by atoms with van der Waals surface area (Å²) in [6, 6.07) is 3.67. The van der Waals surface area contributed by atoms with Crippen molar-refractivity contribution in [3.05, 3.63) is 41.6 Å². The van der Waals surface area contributed by atoms with Crippen LogP contribution in [0.2, 0.25) is 0 Å². The van der Waals surface area contributed by atoms with E-state index in [-0.39, 0.29) is 34.9 Å². The molecular formula is C21H25F2N3O3. The standard InChI is InChI=1S/C21H25F2N3O3/c1-4-5-14-11-26(18(8-12(2)3)20(27)24-14)21(28)17-10-19(29-25-17)15-7-6-13(22)9-16(15)23/h6-7,9-10,12,14,18H,4-5,8,11H2,1-3H3,(H,24,27). The zero-order valence-corrected chi connectivity index (χ0v) is 16.7. The van der Waals surface area contributed by atoms with E-state index in [0.717, 1.165) is 25.0 Å². The second-order valence-corrected chi connectivity index (χ2v) is 7.80. The first kappa shape index (κ1) is 21.0. The fourth-order valence-corrected chi connectivity index (χ4v) is 3.61. The molecule has 2 aromatic rings. The third-order valence-electron chi connectivity index (χ3n) is 4.96. The van der Waals surface area contributed by atoms with Gasteiger partial charge in [0.25, 0.3) is 5.91 Å². The molecule has 0 bridgehead atoms. The van der Waals surface area contributed by atoms with Gasteiger partial charge in [-0.05, 0) is 30.9 Å². The van der Waals surface area contributed by atoms with Crippen LogP contribution in [0.1, 0.15) is 50.5 Å². The van der Waals surface area contributed by atoms with Crippen molar-refractivity contribution in [3.63, 3.8) is 0 Å². The SMILES string of the molecule is CCCC1CN(C(=O)c2cc(-c3ccc(F)cc3F)on2)C(CC(C)C)C(=O)N1. The van der Waals surface area contributed by atoms with Gasteiger partial charge in [0.1, 0.15) is 17.7 Å². The molecule has 29 heavy (non-hydrogen) atoms. The van der Waals surface area contributed by atoms with Crippen molar-refractivity contribution in [2.45, 2.75) is 52.1 Å². The van der Waals surface area contributed by atoms with Gasteiger partial charge in [-0.1, -0.05) is 32.3 Å². The number of hydrogen-bond donors (Lipinski definition) is 1. The Kier molecular flexibility index (Phi) is 6.30. The molecule has 156 valence electrons. The van der Waals surface area contributed by atoms with Crippen LogP contribution in [0, 0.1) is 17.6 Å². The average Bonchev–Trinajstić information content (AvgIpc) is 3.13. The van der Waals surface area contributed by atoms with Crippen LogP contribution in [0.25, 0.3) is 11.3 Å². The zero-order chi connectivity index (χ0) is 21.1. The molecule has 6 nitrogen and oxygen atoms in total. The Morgan fingerprint density at radius 3 is 2.76 bits per heavy atom. The predicted octanol–water partition coefficient (Wildman–Crippen LogP) is 3.78. The van der Waals surface area contributed by atoms with Crippen LogP contribution in [0.15, 0.2) is 28.8 Å². The van der Waals surface area contributed by atoms with Crippen LogP contribution < -0.4 is 5.32 Å². The van der Waals surface area contributed by atoms with Gasteiger partial charge in [0.15, 0.2) is 11.5 Å². The molecule has 2 unspecified atom stereocenters. The van der Waals surface area contributed by atoms with Crippen molar-refractivity contribution in [1.82, 2.24) is 15.4 Å². The minimum atomic E-state index is -0.807. The van der Waals surface area contributed by atoms with Gasteiger partial charge in [0, 0.05) is 24.7 Å². The molecule has 2 heterocycles. The van der Waals surface area contributed by atoms with E-state index < -0.39 is 23.6 Å². The van der Waals surface area contributed by atoms with Gasteiger partial charge in [-0.15, -0.1) is 0 Å². The number of benzene rings is 1. The Hall–Kier alpha value is -2.77. The van der Waals surface area contributed by atoms with Crippen LogP contribution in [0.5, 0.6) is 0 Å². The van der Waals surface area contributed by atoms with Crippen LogP contribution >= 0.6 is 0 Å². The van der Waals surface area contributed by atoms with Gasteiger partial charge in [0.05, 0.1) is 5.56 Å². The van der Waals surface area contributed by atoms with Crippen LogP contribution in [-0.4, -0.2) is 40.5 Å². The molecular weight excluding hydrogens is 380 g/mol. The van der Waals surface area contributed by atoms with E-state index in [4.69, 9.17) is 4.52 Å². The van der Waals surface area contributed by atoms with Crippen LogP contribution in [-0.2, 0) is 4.79 Å². The highest BCUT2D eigenvalue weighted by molar-refractivity contribution is 5.97. The molecule has 1 N–H and O–H groups in total. The number of piperazine rings is 1. The fourth-order valence-electron chi connectivity index (χ4n) is 3.61. The van der Waals surface area contributed by atoms with Crippen molar-refractivity contribution >= 4 is 11.8 Å². The number of rotatable bonds is 6. The first-order chi connectivity index (χ1) is 13.8. The normalized spacial score (nSPS) is 19.5. The summed E-state index contributed by atoms with van der Waals surface area (Å²) in [6.45, 7) is 6.36. The van der Waals surface area contributed by atoms with Crippen molar-refractivity contribution in [2.24, 2.45) is 5.92 Å². The highest BCUT2D eigenvalue weighted by Gasteiger charge is 2.38. The molecule has 2 atom stereocenters. The number of amides is 2. The van der Waals surface area contributed by atoms with Crippen molar-refractivity contribution < 1.29 is 22.9 Å². The van der Waals surface area contributed by atoms with E-state index in [2.05, 4.69) is 10.5 Å². The number of nitrogens with one attached hydrogen (secondary N) is 1. The summed E-state index contributed by atoms with van der Waals surface area (Å²) in [5.41, 5.74) is -0.000596. The summed E-state index contributed by atoms with van der Waals surface area (Å²) in [4.78, 5) is 27.3. The molecule has 1 aliphatic heterocycles. The van der Waals surface area contributed by atoms with E-state index in [1.807, 2.05) is 20.8 Å². The van der Waals surface area contributed by atoms with Gasteiger partial charge in [-0.25, -0.2) is 8.78 Å². The van der Waals surface area contributed by atoms with E-state index in [9.17, 15) is 18.4 Å². The zero-order valence-electron chi connectivity index (χ0n) is 16.7. The smallest absolute Gasteiger partial charge is 0.276 e. The molecule has 1 saturated heterocycles. The molecule has 8 heteroatoms. The molecule has 2 amide bonds. The molecule has 3 rings (SSSR count). The molecule has 1 aliphatic rings. The second kappa shape index (κ2) is 8.71. The number of hydrogen-bond acceptors (Lipinski definition) is 4. The third kappa shape index (κ3) is 4.63. The number of carbonyl (C=O) groups excluding carboxylic acids is 2. The Morgan fingerprint density at radius 2 is 2.10 bits per heavy atom. The maximum Gasteiger partial charge on any atom is 0.276 e. The van der Waals surface area contributed by atoms with E-state index in [1.165, 1.54) is 17.0 Å². The van der Waals surface area contributed by atoms with Crippen molar-refractivity contribution in [1.29, 1.82) is 0 Å². The lowest BCUT2D eigenvalue weighted by molar-refractivity contribution is -0.130. The summed E-state index contributed by atoms with van der Waals surface area (Å²) in [7, 11) is 0. The maximum atomic E-state index is 14.0. The summed E-state index contributed by atoms with van der Waals surface area (Å²) in [5.74, 6) is -1.89. The molecule has 0 aliphatic carbocycles. The number of carbonyl (C=O) groups is 2. The minimum Gasteiger partial charge on any atom is -0.355 e. The molecule has 0 saturated carbocycles. The Bertz CT molecular complexity index is 897. The molecule has 1 aromatic carbocycles. The predicted molar refractivity (Wildman–Crippen MR) is 103 cm³/mol. The van der Waals surface area contributed by atoms with Gasteiger partial charge >= 0.3 is 0 Å². The minimum absolute atomic E-state index is 0.0110. The quantitative estimate of drug-likeness (QED) is 0.794. The first-order valence-corrected chi connectivity index (χ1v) is 9.83. The van der Waals surface area contributed by atoms with E-state index in [0.29, 0.717) is 13.0 Å². The second-order valence-electron chi connectivity index (χ2n) is 7.80. The highest BCUT2D eigenvalue weighted by Crippen LogP contribution is 2.26. The summed E-state index contributed by atoms with van der Waals surface area (Å²) < 4.78 is 32.3. The average molecular weight is 405 g/mol. The Morgan fingerprint density at radius 1 is 1.34 bits per heavy atom. The van der Waals surface area contributed by atoms with Gasteiger partial charge in [-0.2, -0.15) is 0 Å². The van der Waals surface area contributed by atoms with E-state index >= 15 is 0 Å². The molecule has 1 fully saturated rings. The lowest BCUT2D eigenvalue weighted by Crippen LogP contribution is -2.61. The lowest BCUT2D eigenvalue weighted by atomic mass is 9.96. The van der Waals surface area contributed by atoms with E-state index in [1.54, 1.807) is 0 Å². The summed E-state index contributed by atoms with van der Waals surface area (Å²) >= 11 is 0. The highest BCUT2D eigenvalue weighted by atomic mass is 19.1. The lowest BCUT2D eigenvalue weighted by Gasteiger charge is -2.39. The molecule has 0 spiro atoms. The fraction of sp³-hybridized carbons (Fsp3) is 0.476. The third-order valence-corrected chi connectivity index (χ3v) is 4.96. The van der Waals surface area contributed by atoms with Gasteiger partial charge in [-0.3, -0.25) is 9.59 Å². The topological polar surface area (TPSA) is 75.4 Å². The molecule has 1 aromatic heterocycles.